The van der Waals surface area contributed by atoms with Crippen LogP contribution < -0.4 is 0 Å². The van der Waals surface area contributed by atoms with Crippen LogP contribution >= 0.6 is 11.6 Å². The molecule has 1 fully saturated rings. The summed E-state index contributed by atoms with van der Waals surface area (Å²) >= 11 is 5.85. The van der Waals surface area contributed by atoms with Gasteiger partial charge >= 0.3 is 5.97 Å². The Hall–Kier alpha value is -1.07. The zero-order valence-corrected chi connectivity index (χ0v) is 11.4. The van der Waals surface area contributed by atoms with Crippen LogP contribution in [0.25, 0.3) is 0 Å². The number of aryl methyl sites for hydroxylation is 1. The van der Waals surface area contributed by atoms with Gasteiger partial charge in [-0.05, 0) is 37.1 Å². The first kappa shape index (κ1) is 13.4. The van der Waals surface area contributed by atoms with E-state index in [9.17, 15) is 13.2 Å². The highest BCUT2D eigenvalue weighted by atomic mass is 35.5. The normalized spacial score (nSPS) is 21.8. The highest BCUT2D eigenvalue weighted by Crippen LogP contribution is 2.19. The van der Waals surface area contributed by atoms with Crippen molar-refractivity contribution in [3.05, 3.63) is 34.3 Å². The number of sulfone groups is 1. The summed E-state index contributed by atoms with van der Waals surface area (Å²) in [7, 11) is -3.04. The maximum atomic E-state index is 11.8. The lowest BCUT2D eigenvalue weighted by molar-refractivity contribution is 0.0356. The second kappa shape index (κ2) is 4.90. The molecule has 0 spiro atoms. The van der Waals surface area contributed by atoms with Crippen molar-refractivity contribution in [2.75, 3.05) is 11.5 Å². The molecule has 0 bridgehead atoms. The maximum Gasteiger partial charge on any atom is 0.338 e. The van der Waals surface area contributed by atoms with Gasteiger partial charge in [-0.25, -0.2) is 13.2 Å². The Bertz CT molecular complexity index is 559. The number of carbonyl (C=O) groups excluding carboxylic acids is 1. The summed E-state index contributed by atoms with van der Waals surface area (Å²) in [4.78, 5) is 11.8. The first-order valence-electron chi connectivity index (χ1n) is 5.54. The first-order valence-corrected chi connectivity index (χ1v) is 7.74. The van der Waals surface area contributed by atoms with Crippen molar-refractivity contribution < 1.29 is 17.9 Å². The van der Waals surface area contributed by atoms with Crippen LogP contribution in [0.5, 0.6) is 0 Å². The van der Waals surface area contributed by atoms with E-state index in [2.05, 4.69) is 0 Å². The number of esters is 1. The monoisotopic (exact) mass is 288 g/mol. The molecule has 1 aliphatic heterocycles. The minimum absolute atomic E-state index is 0.0829. The zero-order chi connectivity index (χ0) is 13.3. The van der Waals surface area contributed by atoms with E-state index in [-0.39, 0.29) is 11.5 Å². The fraction of sp³-hybridized carbons (Fsp3) is 0.417. The van der Waals surface area contributed by atoms with Gasteiger partial charge in [0.05, 0.1) is 17.1 Å². The molecular formula is C12H13ClO4S. The molecule has 0 unspecified atom stereocenters. The molecule has 1 atom stereocenters. The lowest BCUT2D eigenvalue weighted by Gasteiger charge is -2.10. The predicted molar refractivity (Wildman–Crippen MR) is 68.7 cm³/mol. The summed E-state index contributed by atoms with van der Waals surface area (Å²) in [5, 5.41) is 0.459. The Morgan fingerprint density at radius 1 is 1.39 bits per heavy atom. The minimum atomic E-state index is -3.04. The molecule has 18 heavy (non-hydrogen) atoms. The van der Waals surface area contributed by atoms with Gasteiger partial charge in [-0.1, -0.05) is 11.6 Å². The Morgan fingerprint density at radius 2 is 2.11 bits per heavy atom. The SMILES string of the molecule is Cc1cc(Cl)cc(C(=O)O[C@H]2CCS(=O)(=O)C2)c1. The van der Waals surface area contributed by atoms with Crippen molar-refractivity contribution in [3.8, 4) is 0 Å². The van der Waals surface area contributed by atoms with Gasteiger partial charge in [0.25, 0.3) is 0 Å². The summed E-state index contributed by atoms with van der Waals surface area (Å²) in [6.07, 6.45) is -0.171. The van der Waals surface area contributed by atoms with E-state index in [1.807, 2.05) is 6.92 Å². The number of rotatable bonds is 2. The van der Waals surface area contributed by atoms with Crippen molar-refractivity contribution >= 4 is 27.4 Å². The van der Waals surface area contributed by atoms with E-state index in [0.29, 0.717) is 17.0 Å². The fourth-order valence-corrected chi connectivity index (χ4v) is 3.81. The van der Waals surface area contributed by atoms with Gasteiger partial charge in [0, 0.05) is 5.02 Å². The summed E-state index contributed by atoms with van der Waals surface area (Å²) in [6, 6.07) is 4.91. The van der Waals surface area contributed by atoms with Gasteiger partial charge in [-0.3, -0.25) is 0 Å². The average Bonchev–Trinajstić information content (AvgIpc) is 2.56. The van der Waals surface area contributed by atoms with E-state index < -0.39 is 21.9 Å². The predicted octanol–water partition coefficient (Wildman–Crippen LogP) is 1.99. The topological polar surface area (TPSA) is 60.4 Å². The number of hydrogen-bond donors (Lipinski definition) is 0. The van der Waals surface area contributed by atoms with Crippen molar-refractivity contribution in [1.82, 2.24) is 0 Å². The van der Waals surface area contributed by atoms with Gasteiger partial charge in [0.2, 0.25) is 0 Å². The third-order valence-electron chi connectivity index (χ3n) is 2.74. The quantitative estimate of drug-likeness (QED) is 0.781. The highest BCUT2D eigenvalue weighted by molar-refractivity contribution is 7.91. The zero-order valence-electron chi connectivity index (χ0n) is 9.85. The van der Waals surface area contributed by atoms with Crippen LogP contribution in [-0.4, -0.2) is 32.0 Å². The largest absolute Gasteiger partial charge is 0.458 e. The van der Waals surface area contributed by atoms with E-state index in [1.165, 1.54) is 6.07 Å². The molecule has 1 aromatic carbocycles. The van der Waals surface area contributed by atoms with Crippen molar-refractivity contribution in [1.29, 1.82) is 0 Å². The molecule has 98 valence electrons. The van der Waals surface area contributed by atoms with Crippen LogP contribution in [0.1, 0.15) is 22.3 Å². The molecule has 0 aliphatic carbocycles. The van der Waals surface area contributed by atoms with Crippen molar-refractivity contribution in [2.24, 2.45) is 0 Å². The average molecular weight is 289 g/mol. The van der Waals surface area contributed by atoms with Crippen LogP contribution in [0.3, 0.4) is 0 Å². The van der Waals surface area contributed by atoms with Gasteiger partial charge in [-0.15, -0.1) is 0 Å². The Labute approximate surface area is 111 Å². The Balaban J connectivity index is 2.08. The molecule has 0 saturated carbocycles. The van der Waals surface area contributed by atoms with E-state index in [4.69, 9.17) is 16.3 Å². The van der Waals surface area contributed by atoms with Crippen LogP contribution in [0.15, 0.2) is 18.2 Å². The third-order valence-corrected chi connectivity index (χ3v) is 4.70. The van der Waals surface area contributed by atoms with Crippen LogP contribution in [-0.2, 0) is 14.6 Å². The number of ether oxygens (including phenoxy) is 1. The van der Waals surface area contributed by atoms with E-state index >= 15 is 0 Å². The maximum absolute atomic E-state index is 11.8. The fourth-order valence-electron chi connectivity index (χ4n) is 1.93. The molecule has 0 N–H and O–H groups in total. The molecule has 6 heteroatoms. The molecule has 1 aliphatic rings. The molecule has 1 saturated heterocycles. The standard InChI is InChI=1S/C12H13ClO4S/c1-8-4-9(6-10(13)5-8)12(14)17-11-2-3-18(15,16)7-11/h4-6,11H,2-3,7H2,1H3/t11-/m0/s1. The number of hydrogen-bond acceptors (Lipinski definition) is 4. The first-order chi connectivity index (χ1) is 8.35. The van der Waals surface area contributed by atoms with E-state index in [0.717, 1.165) is 5.56 Å². The summed E-state index contributed by atoms with van der Waals surface area (Å²) in [5.41, 5.74) is 1.21. The van der Waals surface area contributed by atoms with Crippen molar-refractivity contribution in [3.63, 3.8) is 0 Å². The number of carbonyl (C=O) groups is 1. The summed E-state index contributed by atoms with van der Waals surface area (Å²) < 4.78 is 27.7. The molecule has 0 aromatic heterocycles. The van der Waals surface area contributed by atoms with Gasteiger partial charge in [0.15, 0.2) is 9.84 Å². The smallest absolute Gasteiger partial charge is 0.338 e. The minimum Gasteiger partial charge on any atom is -0.458 e. The molecular weight excluding hydrogens is 276 g/mol. The van der Waals surface area contributed by atoms with Gasteiger partial charge in [-0.2, -0.15) is 0 Å². The summed E-state index contributed by atoms with van der Waals surface area (Å²) in [6.45, 7) is 1.82. The Kier molecular flexibility index (Phi) is 3.64. The lowest BCUT2D eigenvalue weighted by atomic mass is 10.1. The van der Waals surface area contributed by atoms with E-state index in [1.54, 1.807) is 12.1 Å². The van der Waals surface area contributed by atoms with Crippen LogP contribution in [0.2, 0.25) is 5.02 Å². The molecule has 0 amide bonds. The molecule has 0 radical (unpaired) electrons. The summed E-state index contributed by atoms with van der Waals surface area (Å²) in [5.74, 6) is -0.527. The van der Waals surface area contributed by atoms with Gasteiger partial charge < -0.3 is 4.74 Å². The number of benzene rings is 1. The molecule has 1 aromatic rings. The lowest BCUT2D eigenvalue weighted by Crippen LogP contribution is -2.19. The Morgan fingerprint density at radius 3 is 2.67 bits per heavy atom. The number of halogens is 1. The third kappa shape index (κ3) is 3.23. The highest BCUT2D eigenvalue weighted by Gasteiger charge is 2.30. The second-order valence-corrected chi connectivity index (χ2v) is 7.11. The van der Waals surface area contributed by atoms with Gasteiger partial charge in [0.1, 0.15) is 6.10 Å². The molecule has 4 nitrogen and oxygen atoms in total. The van der Waals surface area contributed by atoms with Crippen molar-refractivity contribution in [2.45, 2.75) is 19.4 Å². The molecule has 2 rings (SSSR count). The van der Waals surface area contributed by atoms with Crippen LogP contribution in [0, 0.1) is 6.92 Å². The second-order valence-electron chi connectivity index (χ2n) is 4.45. The molecule has 1 heterocycles. The van der Waals surface area contributed by atoms with Crippen LogP contribution in [0.4, 0.5) is 0 Å².